The third-order valence-electron chi connectivity index (χ3n) is 3.81. The van der Waals surface area contributed by atoms with Crippen molar-refractivity contribution in [1.82, 2.24) is 4.90 Å². The predicted octanol–water partition coefficient (Wildman–Crippen LogP) is 3.37. The first kappa shape index (κ1) is 16.7. The molecule has 1 amide bonds. The lowest BCUT2D eigenvalue weighted by molar-refractivity contribution is -0.146. The third-order valence-corrected chi connectivity index (χ3v) is 3.81. The molecular formula is C16H27NO3. The van der Waals surface area contributed by atoms with E-state index in [0.717, 1.165) is 19.3 Å². The standard InChI is InChI=1S/C16H27NO3/c1-2-3-4-5-6-7-8-9-12-15(18)17-13-10-11-14(17)16(19)20/h9,12,14H,2-8,10-11,13H2,1H3,(H,19,20)/t14-/m0/s1. The van der Waals surface area contributed by atoms with E-state index in [1.54, 1.807) is 6.08 Å². The van der Waals surface area contributed by atoms with Crippen LogP contribution in [0.25, 0.3) is 0 Å². The molecule has 1 N–H and O–H groups in total. The Labute approximate surface area is 121 Å². The first-order valence-electron chi connectivity index (χ1n) is 7.86. The molecule has 0 unspecified atom stereocenters. The summed E-state index contributed by atoms with van der Waals surface area (Å²) in [6, 6.07) is -0.624. The van der Waals surface area contributed by atoms with E-state index in [4.69, 9.17) is 5.11 Å². The Morgan fingerprint density at radius 2 is 1.90 bits per heavy atom. The number of unbranched alkanes of at least 4 members (excludes halogenated alkanes) is 6. The van der Waals surface area contributed by atoms with Crippen molar-refractivity contribution in [2.24, 2.45) is 0 Å². The van der Waals surface area contributed by atoms with Gasteiger partial charge in [0.25, 0.3) is 0 Å². The average Bonchev–Trinajstić information content (AvgIpc) is 2.91. The van der Waals surface area contributed by atoms with Crippen molar-refractivity contribution in [3.63, 3.8) is 0 Å². The first-order chi connectivity index (χ1) is 9.66. The number of hydrogen-bond donors (Lipinski definition) is 1. The second kappa shape index (κ2) is 9.56. The summed E-state index contributed by atoms with van der Waals surface area (Å²) >= 11 is 0. The van der Waals surface area contributed by atoms with Crippen molar-refractivity contribution in [3.05, 3.63) is 12.2 Å². The minimum atomic E-state index is -0.889. The maximum absolute atomic E-state index is 11.9. The first-order valence-corrected chi connectivity index (χ1v) is 7.86. The van der Waals surface area contributed by atoms with Gasteiger partial charge in [-0.05, 0) is 31.8 Å². The lowest BCUT2D eigenvalue weighted by Crippen LogP contribution is -2.39. The molecule has 0 saturated carbocycles. The highest BCUT2D eigenvalue weighted by atomic mass is 16.4. The Morgan fingerprint density at radius 3 is 2.60 bits per heavy atom. The lowest BCUT2D eigenvalue weighted by atomic mass is 10.1. The number of likely N-dealkylation sites (tertiary alicyclic amines) is 1. The molecule has 0 spiro atoms. The van der Waals surface area contributed by atoms with E-state index in [1.165, 1.54) is 37.0 Å². The van der Waals surface area contributed by atoms with E-state index < -0.39 is 12.0 Å². The van der Waals surface area contributed by atoms with Crippen molar-refractivity contribution >= 4 is 11.9 Å². The smallest absolute Gasteiger partial charge is 0.326 e. The number of amides is 1. The van der Waals surface area contributed by atoms with Crippen LogP contribution in [0.4, 0.5) is 0 Å². The highest BCUT2D eigenvalue weighted by molar-refractivity contribution is 5.91. The van der Waals surface area contributed by atoms with Gasteiger partial charge in [-0.1, -0.05) is 45.1 Å². The normalized spacial score (nSPS) is 18.9. The van der Waals surface area contributed by atoms with Gasteiger partial charge >= 0.3 is 5.97 Å². The molecule has 1 fully saturated rings. The molecule has 4 heteroatoms. The zero-order valence-corrected chi connectivity index (χ0v) is 12.5. The van der Waals surface area contributed by atoms with Crippen molar-refractivity contribution in [2.75, 3.05) is 6.54 Å². The molecule has 114 valence electrons. The van der Waals surface area contributed by atoms with Gasteiger partial charge in [0.1, 0.15) is 6.04 Å². The molecule has 0 bridgehead atoms. The summed E-state index contributed by atoms with van der Waals surface area (Å²) in [4.78, 5) is 24.4. The van der Waals surface area contributed by atoms with Crippen molar-refractivity contribution in [1.29, 1.82) is 0 Å². The molecule has 1 atom stereocenters. The quantitative estimate of drug-likeness (QED) is 0.521. The van der Waals surface area contributed by atoms with Crippen LogP contribution in [0.1, 0.15) is 64.7 Å². The summed E-state index contributed by atoms with van der Waals surface area (Å²) in [5.41, 5.74) is 0. The van der Waals surface area contributed by atoms with Gasteiger partial charge in [0.15, 0.2) is 0 Å². The Hall–Kier alpha value is -1.32. The molecule has 1 aliphatic heterocycles. The highest BCUT2D eigenvalue weighted by Gasteiger charge is 2.32. The van der Waals surface area contributed by atoms with E-state index in [2.05, 4.69) is 6.92 Å². The highest BCUT2D eigenvalue weighted by Crippen LogP contribution is 2.17. The van der Waals surface area contributed by atoms with Gasteiger partial charge in [-0.15, -0.1) is 0 Å². The number of carboxylic acid groups (broad SMARTS) is 1. The molecule has 0 aromatic carbocycles. The van der Waals surface area contributed by atoms with E-state index in [1.807, 2.05) is 6.08 Å². The molecule has 0 aliphatic carbocycles. The number of allylic oxidation sites excluding steroid dienone is 1. The topological polar surface area (TPSA) is 57.6 Å². The summed E-state index contributed by atoms with van der Waals surface area (Å²) in [6.07, 6.45) is 13.1. The van der Waals surface area contributed by atoms with E-state index in [9.17, 15) is 9.59 Å². The molecule has 4 nitrogen and oxygen atoms in total. The molecule has 20 heavy (non-hydrogen) atoms. The molecule has 1 saturated heterocycles. The molecular weight excluding hydrogens is 254 g/mol. The minimum absolute atomic E-state index is 0.152. The van der Waals surface area contributed by atoms with Gasteiger partial charge in [0.2, 0.25) is 5.91 Å². The number of carboxylic acids is 1. The van der Waals surface area contributed by atoms with Gasteiger partial charge in [-0.2, -0.15) is 0 Å². The number of nitrogens with zero attached hydrogens (tertiary/aromatic N) is 1. The molecule has 0 radical (unpaired) electrons. The van der Waals surface area contributed by atoms with Crippen LogP contribution in [0.5, 0.6) is 0 Å². The molecule has 1 aliphatic rings. The molecule has 1 rings (SSSR count). The second-order valence-corrected chi connectivity index (χ2v) is 5.49. The van der Waals surface area contributed by atoms with E-state index in [-0.39, 0.29) is 5.91 Å². The summed E-state index contributed by atoms with van der Waals surface area (Å²) in [7, 11) is 0. The summed E-state index contributed by atoms with van der Waals surface area (Å²) < 4.78 is 0. The lowest BCUT2D eigenvalue weighted by Gasteiger charge is -2.19. The van der Waals surface area contributed by atoms with Gasteiger partial charge in [-0.25, -0.2) is 4.79 Å². The van der Waals surface area contributed by atoms with Gasteiger partial charge in [0.05, 0.1) is 0 Å². The number of carbonyl (C=O) groups is 2. The fourth-order valence-electron chi connectivity index (χ4n) is 2.61. The summed E-state index contributed by atoms with van der Waals surface area (Å²) in [6.45, 7) is 2.77. The molecule has 0 aromatic heterocycles. The number of carbonyl (C=O) groups excluding carboxylic acids is 1. The molecule has 1 heterocycles. The van der Waals surface area contributed by atoms with Crippen LogP contribution in [-0.4, -0.2) is 34.5 Å². The Bertz CT molecular complexity index is 339. The zero-order chi connectivity index (χ0) is 14.8. The zero-order valence-electron chi connectivity index (χ0n) is 12.5. The van der Waals surface area contributed by atoms with Crippen LogP contribution in [0, 0.1) is 0 Å². The van der Waals surface area contributed by atoms with Crippen LogP contribution in [0.2, 0.25) is 0 Å². The Kier molecular flexibility index (Phi) is 8.00. The minimum Gasteiger partial charge on any atom is -0.480 e. The van der Waals surface area contributed by atoms with Crippen molar-refractivity contribution < 1.29 is 14.7 Å². The predicted molar refractivity (Wildman–Crippen MR) is 79.5 cm³/mol. The summed E-state index contributed by atoms with van der Waals surface area (Å²) in [5.74, 6) is -1.04. The van der Waals surface area contributed by atoms with Crippen LogP contribution in [-0.2, 0) is 9.59 Å². The summed E-state index contributed by atoms with van der Waals surface area (Å²) in [5, 5.41) is 9.03. The fourth-order valence-corrected chi connectivity index (χ4v) is 2.61. The van der Waals surface area contributed by atoms with Crippen LogP contribution < -0.4 is 0 Å². The number of aliphatic carboxylic acids is 1. The van der Waals surface area contributed by atoms with Crippen molar-refractivity contribution in [2.45, 2.75) is 70.8 Å². The fraction of sp³-hybridized carbons (Fsp3) is 0.750. The SMILES string of the molecule is CCCCCCCCC=CC(=O)N1CCC[C@H]1C(=O)O. The van der Waals surface area contributed by atoms with E-state index >= 15 is 0 Å². The number of hydrogen-bond acceptors (Lipinski definition) is 2. The largest absolute Gasteiger partial charge is 0.480 e. The van der Waals surface area contributed by atoms with Crippen LogP contribution in [0.15, 0.2) is 12.2 Å². The number of rotatable bonds is 9. The van der Waals surface area contributed by atoms with Gasteiger partial charge in [0, 0.05) is 6.54 Å². The van der Waals surface area contributed by atoms with Crippen LogP contribution >= 0.6 is 0 Å². The van der Waals surface area contributed by atoms with Crippen LogP contribution in [0.3, 0.4) is 0 Å². The van der Waals surface area contributed by atoms with Gasteiger partial charge < -0.3 is 10.0 Å². The van der Waals surface area contributed by atoms with Crippen molar-refractivity contribution in [3.8, 4) is 0 Å². The second-order valence-electron chi connectivity index (χ2n) is 5.49. The van der Waals surface area contributed by atoms with Gasteiger partial charge in [-0.3, -0.25) is 4.79 Å². The maximum Gasteiger partial charge on any atom is 0.326 e. The molecule has 0 aromatic rings. The maximum atomic E-state index is 11.9. The Morgan fingerprint density at radius 1 is 1.20 bits per heavy atom. The average molecular weight is 281 g/mol. The monoisotopic (exact) mass is 281 g/mol. The third kappa shape index (κ3) is 5.76. The van der Waals surface area contributed by atoms with E-state index in [0.29, 0.717) is 13.0 Å². The Balaban J connectivity index is 2.18.